The van der Waals surface area contributed by atoms with Gasteiger partial charge in [0, 0.05) is 18.8 Å². The molecule has 2 aromatic rings. The highest BCUT2D eigenvalue weighted by molar-refractivity contribution is 6.43. The van der Waals surface area contributed by atoms with Crippen molar-refractivity contribution in [2.45, 2.75) is 38.7 Å². The Morgan fingerprint density at radius 3 is 2.34 bits per heavy atom. The second-order valence-corrected chi connectivity index (χ2v) is 6.96. The number of carbonyl (C=O) groups excluding carboxylic acids is 2. The SMILES string of the molecule is CC(C)CC(NC(=O)[C@H](Cc1ccccc1)NC(=O)c1cnccn1)B(O)O.O. The summed E-state index contributed by atoms with van der Waals surface area (Å²) in [7, 11) is -1.69. The van der Waals surface area contributed by atoms with Crippen molar-refractivity contribution in [3.63, 3.8) is 0 Å². The molecule has 2 rings (SSSR count). The summed E-state index contributed by atoms with van der Waals surface area (Å²) in [4.78, 5) is 33.1. The molecular weight excluding hydrogens is 375 g/mol. The third kappa shape index (κ3) is 7.98. The van der Waals surface area contributed by atoms with Crippen molar-refractivity contribution in [1.82, 2.24) is 20.6 Å². The van der Waals surface area contributed by atoms with E-state index >= 15 is 0 Å². The van der Waals surface area contributed by atoms with Crippen LogP contribution in [0.1, 0.15) is 36.3 Å². The van der Waals surface area contributed by atoms with Crippen LogP contribution in [-0.4, -0.2) is 56.4 Å². The molecule has 156 valence electrons. The molecule has 0 radical (unpaired) electrons. The largest absolute Gasteiger partial charge is 0.475 e. The van der Waals surface area contributed by atoms with Gasteiger partial charge >= 0.3 is 7.12 Å². The third-order valence-electron chi connectivity index (χ3n) is 4.11. The van der Waals surface area contributed by atoms with Crippen LogP contribution in [0, 0.1) is 5.92 Å². The molecule has 1 unspecified atom stereocenters. The quantitative estimate of drug-likeness (QED) is 0.416. The molecule has 0 aliphatic rings. The zero-order valence-corrected chi connectivity index (χ0v) is 16.4. The Bertz CT molecular complexity index is 762. The highest BCUT2D eigenvalue weighted by atomic mass is 16.4. The lowest BCUT2D eigenvalue weighted by Crippen LogP contribution is -2.55. The zero-order chi connectivity index (χ0) is 20.5. The van der Waals surface area contributed by atoms with E-state index in [1.807, 2.05) is 44.2 Å². The molecule has 0 aliphatic heterocycles. The van der Waals surface area contributed by atoms with Crippen LogP contribution < -0.4 is 10.6 Å². The predicted octanol–water partition coefficient (Wildman–Crippen LogP) is -0.464. The number of hydrogen-bond acceptors (Lipinski definition) is 6. The maximum absolute atomic E-state index is 12.8. The fourth-order valence-corrected chi connectivity index (χ4v) is 2.75. The lowest BCUT2D eigenvalue weighted by Gasteiger charge is -2.24. The molecule has 2 amide bonds. The van der Waals surface area contributed by atoms with Gasteiger partial charge in [-0.2, -0.15) is 0 Å². The minimum absolute atomic E-state index is 0. The molecule has 29 heavy (non-hydrogen) atoms. The van der Waals surface area contributed by atoms with E-state index in [1.165, 1.54) is 18.6 Å². The molecule has 0 bridgehead atoms. The van der Waals surface area contributed by atoms with Gasteiger partial charge in [-0.3, -0.25) is 14.6 Å². The molecular formula is C19H27BN4O5. The lowest BCUT2D eigenvalue weighted by molar-refractivity contribution is -0.123. The summed E-state index contributed by atoms with van der Waals surface area (Å²) in [6.07, 6.45) is 4.78. The molecule has 1 aromatic carbocycles. The summed E-state index contributed by atoms with van der Waals surface area (Å²) in [6, 6.07) is 8.33. The van der Waals surface area contributed by atoms with E-state index in [9.17, 15) is 19.6 Å². The van der Waals surface area contributed by atoms with Crippen molar-refractivity contribution in [2.24, 2.45) is 5.92 Å². The second kappa shape index (κ2) is 11.9. The minimum atomic E-state index is -1.69. The highest BCUT2D eigenvalue weighted by Gasteiger charge is 2.30. The van der Waals surface area contributed by atoms with Gasteiger partial charge in [-0.15, -0.1) is 0 Å². The molecule has 6 N–H and O–H groups in total. The number of aromatic nitrogens is 2. The fraction of sp³-hybridized carbons (Fsp3) is 0.368. The maximum Gasteiger partial charge on any atom is 0.475 e. The second-order valence-electron chi connectivity index (χ2n) is 6.96. The molecule has 10 heteroatoms. The van der Waals surface area contributed by atoms with Gasteiger partial charge in [0.05, 0.1) is 12.1 Å². The number of amides is 2. The zero-order valence-electron chi connectivity index (χ0n) is 16.4. The van der Waals surface area contributed by atoms with Crippen molar-refractivity contribution >= 4 is 18.9 Å². The number of benzene rings is 1. The molecule has 9 nitrogen and oxygen atoms in total. The summed E-state index contributed by atoms with van der Waals surface area (Å²) in [6.45, 7) is 3.83. The van der Waals surface area contributed by atoms with Crippen LogP contribution in [0.25, 0.3) is 0 Å². The van der Waals surface area contributed by atoms with Crippen LogP contribution in [0.15, 0.2) is 48.9 Å². The number of nitrogens with zero attached hydrogens (tertiary/aromatic N) is 2. The Kier molecular flexibility index (Phi) is 9.94. The molecule has 0 fully saturated rings. The van der Waals surface area contributed by atoms with Gasteiger partial charge < -0.3 is 26.2 Å². The number of nitrogens with one attached hydrogen (secondary N) is 2. The van der Waals surface area contributed by atoms with Crippen molar-refractivity contribution < 1.29 is 25.1 Å². The molecule has 0 spiro atoms. The van der Waals surface area contributed by atoms with Gasteiger partial charge in [0.2, 0.25) is 5.91 Å². The standard InChI is InChI=1S/C19H25BN4O4.H2O/c1-13(2)10-17(20(27)28)24-18(25)15(11-14-6-4-3-5-7-14)23-19(26)16-12-21-8-9-22-16;/h3-9,12-13,15,17,27-28H,10-11H2,1-2H3,(H,23,26)(H,24,25);1H2/t15-,17?;/m0./s1. The summed E-state index contributed by atoms with van der Waals surface area (Å²) >= 11 is 0. The fourth-order valence-electron chi connectivity index (χ4n) is 2.75. The first-order valence-corrected chi connectivity index (χ1v) is 9.14. The summed E-state index contributed by atoms with van der Waals surface area (Å²) < 4.78 is 0. The van der Waals surface area contributed by atoms with Crippen LogP contribution in [0.2, 0.25) is 0 Å². The Labute approximate surface area is 170 Å². The minimum Gasteiger partial charge on any atom is -0.426 e. The average Bonchev–Trinajstić information content (AvgIpc) is 2.68. The van der Waals surface area contributed by atoms with Gasteiger partial charge in [-0.1, -0.05) is 44.2 Å². The smallest absolute Gasteiger partial charge is 0.426 e. The predicted molar refractivity (Wildman–Crippen MR) is 109 cm³/mol. The Balaban J connectivity index is 0.00000420. The van der Waals surface area contributed by atoms with Gasteiger partial charge in [0.25, 0.3) is 5.91 Å². The van der Waals surface area contributed by atoms with Crippen molar-refractivity contribution in [2.75, 3.05) is 0 Å². The number of rotatable bonds is 9. The average molecular weight is 402 g/mol. The van der Waals surface area contributed by atoms with Gasteiger partial charge in [-0.25, -0.2) is 4.98 Å². The Morgan fingerprint density at radius 2 is 1.79 bits per heavy atom. The summed E-state index contributed by atoms with van der Waals surface area (Å²) in [5.41, 5.74) is 0.946. The molecule has 0 saturated carbocycles. The van der Waals surface area contributed by atoms with E-state index < -0.39 is 30.9 Å². The van der Waals surface area contributed by atoms with Crippen LogP contribution in [0.5, 0.6) is 0 Å². The first-order valence-electron chi connectivity index (χ1n) is 9.14. The van der Waals surface area contributed by atoms with Crippen LogP contribution in [-0.2, 0) is 11.2 Å². The normalized spacial score (nSPS) is 12.4. The van der Waals surface area contributed by atoms with E-state index in [2.05, 4.69) is 20.6 Å². The monoisotopic (exact) mass is 402 g/mol. The van der Waals surface area contributed by atoms with Gasteiger partial charge in [-0.05, 0) is 17.9 Å². The molecule has 1 aromatic heterocycles. The topological polar surface area (TPSA) is 156 Å². The van der Waals surface area contributed by atoms with Crippen LogP contribution in [0.3, 0.4) is 0 Å². The number of hydrogen-bond donors (Lipinski definition) is 4. The maximum atomic E-state index is 12.8. The number of carbonyl (C=O) groups is 2. The lowest BCUT2D eigenvalue weighted by atomic mass is 9.75. The highest BCUT2D eigenvalue weighted by Crippen LogP contribution is 2.09. The van der Waals surface area contributed by atoms with Crippen LogP contribution in [0.4, 0.5) is 0 Å². The first kappa shape index (κ1) is 24.2. The third-order valence-corrected chi connectivity index (χ3v) is 4.11. The first-order chi connectivity index (χ1) is 13.4. The Morgan fingerprint density at radius 1 is 1.10 bits per heavy atom. The molecule has 0 saturated heterocycles. The van der Waals surface area contributed by atoms with Crippen molar-refractivity contribution in [1.29, 1.82) is 0 Å². The van der Waals surface area contributed by atoms with Gasteiger partial charge in [0.1, 0.15) is 11.7 Å². The van der Waals surface area contributed by atoms with E-state index in [1.54, 1.807) is 0 Å². The molecule has 0 aliphatic carbocycles. The van der Waals surface area contributed by atoms with E-state index in [4.69, 9.17) is 0 Å². The van der Waals surface area contributed by atoms with Gasteiger partial charge in [0.15, 0.2) is 0 Å². The summed E-state index contributed by atoms with van der Waals surface area (Å²) in [5.74, 6) is -1.72. The molecule has 2 atom stereocenters. The molecule has 1 heterocycles. The van der Waals surface area contributed by atoms with Crippen molar-refractivity contribution in [3.8, 4) is 0 Å². The Hall–Kier alpha value is -2.82. The van der Waals surface area contributed by atoms with Crippen molar-refractivity contribution in [3.05, 3.63) is 60.2 Å². The summed E-state index contributed by atoms with van der Waals surface area (Å²) in [5, 5.41) is 24.5. The van der Waals surface area contributed by atoms with E-state index in [-0.39, 0.29) is 23.5 Å². The van der Waals surface area contributed by atoms with E-state index in [0.29, 0.717) is 6.42 Å². The van der Waals surface area contributed by atoms with E-state index in [0.717, 1.165) is 5.56 Å². The van der Waals surface area contributed by atoms with Crippen LogP contribution >= 0.6 is 0 Å².